The fourth-order valence-electron chi connectivity index (χ4n) is 0.674. The Hall–Kier alpha value is -1.18. The van der Waals surface area contributed by atoms with Gasteiger partial charge in [-0.15, -0.1) is 4.36 Å². The minimum absolute atomic E-state index is 0.222. The van der Waals surface area contributed by atoms with Crippen LogP contribution < -0.4 is 0 Å². The summed E-state index contributed by atoms with van der Waals surface area (Å²) in [6.45, 7) is 1.39. The van der Waals surface area contributed by atoms with Crippen LogP contribution in [0.2, 0.25) is 0 Å². The van der Waals surface area contributed by atoms with Gasteiger partial charge in [0.05, 0.1) is 14.6 Å². The first kappa shape index (κ1) is 13.8. The van der Waals surface area contributed by atoms with Crippen molar-refractivity contribution < 1.29 is 22.2 Å². The third-order valence-corrected chi connectivity index (χ3v) is 3.11. The fourth-order valence-corrected chi connectivity index (χ4v) is 1.86. The van der Waals surface area contributed by atoms with Crippen LogP contribution in [-0.4, -0.2) is 28.8 Å². The third-order valence-electron chi connectivity index (χ3n) is 1.36. The Bertz CT molecular complexity index is 416. The SMILES string of the molecule is C/C=C(\C=N)S(C)(=O)=NC(=O)C(F)(F)F. The summed E-state index contributed by atoms with van der Waals surface area (Å²) in [6.07, 6.45) is -2.49. The Morgan fingerprint density at radius 2 is 1.93 bits per heavy atom. The van der Waals surface area contributed by atoms with Crippen LogP contribution in [0.1, 0.15) is 6.92 Å². The van der Waals surface area contributed by atoms with Gasteiger partial charge in [0.2, 0.25) is 0 Å². The Labute approximate surface area is 84.9 Å². The molecule has 0 saturated heterocycles. The Balaban J connectivity index is 5.41. The number of hydrogen-bond donors (Lipinski definition) is 1. The summed E-state index contributed by atoms with van der Waals surface area (Å²) in [5.74, 6) is -2.41. The van der Waals surface area contributed by atoms with Gasteiger partial charge in [0.15, 0.2) is 0 Å². The van der Waals surface area contributed by atoms with Crippen LogP contribution in [0.3, 0.4) is 0 Å². The zero-order valence-corrected chi connectivity index (χ0v) is 8.78. The van der Waals surface area contributed by atoms with Crippen molar-refractivity contribution in [2.45, 2.75) is 13.1 Å². The summed E-state index contributed by atoms with van der Waals surface area (Å²) in [5, 5.41) is 6.79. The molecule has 0 aromatic heterocycles. The van der Waals surface area contributed by atoms with Crippen molar-refractivity contribution in [3.63, 3.8) is 0 Å². The number of halogens is 3. The van der Waals surface area contributed by atoms with Crippen LogP contribution in [0.4, 0.5) is 13.2 Å². The average molecular weight is 242 g/mol. The van der Waals surface area contributed by atoms with E-state index < -0.39 is 21.8 Å². The summed E-state index contributed by atoms with van der Waals surface area (Å²) in [7, 11) is -3.48. The molecule has 0 heterocycles. The number of allylic oxidation sites excluding steroid dienone is 2. The van der Waals surface area contributed by atoms with Crippen molar-refractivity contribution in [1.29, 1.82) is 5.41 Å². The first-order chi connectivity index (χ1) is 6.65. The molecule has 0 bridgehead atoms. The Morgan fingerprint density at radius 3 is 2.20 bits per heavy atom. The van der Waals surface area contributed by atoms with Gasteiger partial charge < -0.3 is 5.41 Å². The molecule has 15 heavy (non-hydrogen) atoms. The number of nitrogens with zero attached hydrogens (tertiary/aromatic N) is 1. The van der Waals surface area contributed by atoms with Crippen LogP contribution in [0.5, 0.6) is 0 Å². The van der Waals surface area contributed by atoms with Crippen LogP contribution in [0.25, 0.3) is 0 Å². The molecule has 0 spiro atoms. The predicted molar refractivity (Wildman–Crippen MR) is 50.1 cm³/mol. The second kappa shape index (κ2) is 4.56. The summed E-state index contributed by atoms with van der Waals surface area (Å²) in [6, 6.07) is 0. The second-order valence-electron chi connectivity index (χ2n) is 2.53. The number of amides is 1. The number of carbonyl (C=O) groups is 1. The predicted octanol–water partition coefficient (Wildman–Crippen LogP) is 1.73. The molecule has 1 N–H and O–H groups in total. The highest BCUT2D eigenvalue weighted by molar-refractivity contribution is 7.97. The third kappa shape index (κ3) is 3.82. The fraction of sp³-hybridized carbons (Fsp3) is 0.429. The number of rotatable bonds is 2. The largest absolute Gasteiger partial charge is 0.474 e. The highest BCUT2D eigenvalue weighted by Gasteiger charge is 2.39. The molecule has 0 aromatic carbocycles. The zero-order chi connectivity index (χ0) is 12.3. The molecule has 0 radical (unpaired) electrons. The van der Waals surface area contributed by atoms with Gasteiger partial charge in [-0.05, 0) is 6.92 Å². The second-order valence-corrected chi connectivity index (χ2v) is 4.79. The molecule has 4 nitrogen and oxygen atoms in total. The average Bonchev–Trinajstić information content (AvgIpc) is 2.02. The minimum Gasteiger partial charge on any atom is -0.307 e. The van der Waals surface area contributed by atoms with E-state index in [0.29, 0.717) is 6.21 Å². The lowest BCUT2D eigenvalue weighted by molar-refractivity contribution is -0.169. The van der Waals surface area contributed by atoms with E-state index in [1.165, 1.54) is 13.0 Å². The molecule has 0 aliphatic rings. The number of hydrogen-bond acceptors (Lipinski definition) is 3. The monoisotopic (exact) mass is 242 g/mol. The Kier molecular flexibility index (Phi) is 4.20. The van der Waals surface area contributed by atoms with Crippen LogP contribution in [0, 0.1) is 5.41 Å². The Morgan fingerprint density at radius 1 is 1.47 bits per heavy atom. The minimum atomic E-state index is -5.14. The van der Waals surface area contributed by atoms with Gasteiger partial charge in [-0.25, -0.2) is 4.21 Å². The molecule has 0 aliphatic carbocycles. The molecule has 0 saturated carbocycles. The highest BCUT2D eigenvalue weighted by atomic mass is 32.2. The maximum atomic E-state index is 11.8. The van der Waals surface area contributed by atoms with E-state index in [2.05, 4.69) is 4.36 Å². The standard InChI is InChI=1S/C7H9F3N2O2S/c1-3-5(4-11)15(2,14)12-6(13)7(8,9)10/h3-4,11H,1-2H3/b5-3+,11-4?. The maximum absolute atomic E-state index is 11.8. The molecule has 0 aromatic rings. The molecule has 1 unspecified atom stereocenters. The van der Waals surface area contributed by atoms with Crippen molar-refractivity contribution in [3.05, 3.63) is 11.0 Å². The normalized spacial score (nSPS) is 16.7. The van der Waals surface area contributed by atoms with E-state index in [4.69, 9.17) is 5.41 Å². The molecular weight excluding hydrogens is 233 g/mol. The van der Waals surface area contributed by atoms with E-state index in [1.54, 1.807) is 0 Å². The summed E-state index contributed by atoms with van der Waals surface area (Å²) >= 11 is 0. The first-order valence-corrected chi connectivity index (χ1v) is 5.57. The molecule has 86 valence electrons. The van der Waals surface area contributed by atoms with Crippen molar-refractivity contribution in [3.8, 4) is 0 Å². The molecule has 1 atom stereocenters. The van der Waals surface area contributed by atoms with Crippen molar-refractivity contribution >= 4 is 21.9 Å². The van der Waals surface area contributed by atoms with E-state index in [-0.39, 0.29) is 4.91 Å². The highest BCUT2D eigenvalue weighted by Crippen LogP contribution is 2.18. The molecule has 0 rings (SSSR count). The van der Waals surface area contributed by atoms with E-state index in [0.717, 1.165) is 6.26 Å². The smallest absolute Gasteiger partial charge is 0.307 e. The van der Waals surface area contributed by atoms with Crippen molar-refractivity contribution in [1.82, 2.24) is 0 Å². The van der Waals surface area contributed by atoms with Gasteiger partial charge in [-0.1, -0.05) is 6.08 Å². The van der Waals surface area contributed by atoms with Gasteiger partial charge in [-0.3, -0.25) is 4.79 Å². The van der Waals surface area contributed by atoms with Crippen LogP contribution in [-0.2, 0) is 14.5 Å². The lowest BCUT2D eigenvalue weighted by atomic mass is 10.6. The maximum Gasteiger partial charge on any atom is 0.474 e. The van der Waals surface area contributed by atoms with E-state index >= 15 is 0 Å². The number of alkyl halides is 3. The van der Waals surface area contributed by atoms with Crippen LogP contribution >= 0.6 is 0 Å². The summed E-state index contributed by atoms with van der Waals surface area (Å²) < 4.78 is 49.5. The molecule has 0 aliphatic heterocycles. The van der Waals surface area contributed by atoms with E-state index in [9.17, 15) is 22.2 Å². The van der Waals surface area contributed by atoms with Gasteiger partial charge in [0, 0.05) is 12.5 Å². The lowest BCUT2D eigenvalue weighted by Crippen LogP contribution is -2.22. The number of nitrogens with one attached hydrogen (secondary N) is 1. The van der Waals surface area contributed by atoms with Crippen LogP contribution in [0.15, 0.2) is 15.3 Å². The molecule has 8 heteroatoms. The van der Waals surface area contributed by atoms with Crippen molar-refractivity contribution in [2.75, 3.05) is 6.26 Å². The quantitative estimate of drug-likeness (QED) is 0.749. The molecule has 1 amide bonds. The number of carbonyl (C=O) groups excluding carboxylic acids is 1. The first-order valence-electron chi connectivity index (χ1n) is 3.65. The van der Waals surface area contributed by atoms with Gasteiger partial charge in [-0.2, -0.15) is 13.2 Å². The summed E-state index contributed by atoms with van der Waals surface area (Å²) in [4.78, 5) is 10.2. The summed E-state index contributed by atoms with van der Waals surface area (Å²) in [5.41, 5.74) is 0. The molecular formula is C7H9F3N2O2S. The lowest BCUT2D eigenvalue weighted by Gasteiger charge is -2.04. The van der Waals surface area contributed by atoms with Gasteiger partial charge >= 0.3 is 12.1 Å². The van der Waals surface area contributed by atoms with Gasteiger partial charge in [0.25, 0.3) is 0 Å². The zero-order valence-electron chi connectivity index (χ0n) is 7.96. The van der Waals surface area contributed by atoms with E-state index in [1.807, 2.05) is 0 Å². The topological polar surface area (TPSA) is 70.3 Å². The van der Waals surface area contributed by atoms with Crippen molar-refractivity contribution in [2.24, 2.45) is 4.36 Å². The molecule has 0 fully saturated rings. The van der Waals surface area contributed by atoms with Gasteiger partial charge in [0.1, 0.15) is 0 Å².